The van der Waals surface area contributed by atoms with Crippen LogP contribution in [0, 0.1) is 0 Å². The van der Waals surface area contributed by atoms with Crippen molar-refractivity contribution in [2.75, 3.05) is 13.7 Å². The van der Waals surface area contributed by atoms with E-state index in [1.54, 1.807) is 0 Å². The monoisotopic (exact) mass is 254 g/mol. The topological polar surface area (TPSA) is 29.5 Å². The second kappa shape index (κ2) is 6.76. The third-order valence-corrected chi connectivity index (χ3v) is 2.99. The first kappa shape index (κ1) is 13.4. The number of aliphatic hydroxyl groups excluding tert-OH is 1. The maximum atomic E-state index is 7.00. The van der Waals surface area contributed by atoms with Crippen LogP contribution in [0.3, 0.4) is 0 Å². The summed E-state index contributed by atoms with van der Waals surface area (Å²) >= 11 is 0. The van der Waals surface area contributed by atoms with Gasteiger partial charge < -0.3 is 9.84 Å². The van der Waals surface area contributed by atoms with Crippen LogP contribution >= 0.6 is 0 Å². The van der Waals surface area contributed by atoms with Crippen LogP contribution < -0.4 is 4.74 Å². The number of hydrogen-bond donors (Lipinski definition) is 1. The number of para-hydroxylation sites is 1. The second-order valence-electron chi connectivity index (χ2n) is 4.12. The van der Waals surface area contributed by atoms with Gasteiger partial charge in [-0.2, -0.15) is 0 Å². The largest absolute Gasteiger partial charge is 0.493 e. The third-order valence-electron chi connectivity index (χ3n) is 2.99. The summed E-state index contributed by atoms with van der Waals surface area (Å²) in [5, 5.41) is 7.00. The maximum Gasteiger partial charge on any atom is 0.127 e. The molecule has 2 aromatic carbocycles. The van der Waals surface area contributed by atoms with Gasteiger partial charge in [0.2, 0.25) is 0 Å². The normalized spacial score (nSPS) is 13.1. The van der Waals surface area contributed by atoms with Crippen LogP contribution in [-0.2, 0) is 0 Å². The summed E-state index contributed by atoms with van der Waals surface area (Å²) in [5.41, 5.74) is 3.72. The van der Waals surface area contributed by atoms with Crippen LogP contribution in [0.15, 0.2) is 60.7 Å². The zero-order chi connectivity index (χ0) is 13.5. The van der Waals surface area contributed by atoms with E-state index in [9.17, 15) is 0 Å². The van der Waals surface area contributed by atoms with Crippen molar-refractivity contribution in [1.82, 2.24) is 0 Å². The molecule has 1 aliphatic heterocycles. The Morgan fingerprint density at radius 1 is 0.895 bits per heavy atom. The molecule has 0 saturated heterocycles. The van der Waals surface area contributed by atoms with Gasteiger partial charge in [0.15, 0.2) is 0 Å². The molecule has 1 aliphatic rings. The van der Waals surface area contributed by atoms with E-state index in [2.05, 4.69) is 42.5 Å². The summed E-state index contributed by atoms with van der Waals surface area (Å²) in [6, 6.07) is 18.7. The first-order valence-electron chi connectivity index (χ1n) is 6.37. The van der Waals surface area contributed by atoms with E-state index >= 15 is 0 Å². The van der Waals surface area contributed by atoms with E-state index in [1.807, 2.05) is 18.2 Å². The Labute approximate surface area is 114 Å². The van der Waals surface area contributed by atoms with Gasteiger partial charge in [0, 0.05) is 19.1 Å². The Morgan fingerprint density at radius 2 is 1.58 bits per heavy atom. The average Bonchev–Trinajstić information content (AvgIpc) is 2.72. The van der Waals surface area contributed by atoms with E-state index in [4.69, 9.17) is 9.84 Å². The van der Waals surface area contributed by atoms with Gasteiger partial charge in [-0.15, -0.1) is 0 Å². The zero-order valence-corrected chi connectivity index (χ0v) is 11.0. The highest BCUT2D eigenvalue weighted by Crippen LogP contribution is 2.33. The highest BCUT2D eigenvalue weighted by Gasteiger charge is 2.12. The molecule has 98 valence electrons. The van der Waals surface area contributed by atoms with Gasteiger partial charge in [-0.25, -0.2) is 0 Å². The van der Waals surface area contributed by atoms with Crippen molar-refractivity contribution >= 4 is 5.57 Å². The Hall–Kier alpha value is -2.06. The molecule has 0 unspecified atom stereocenters. The maximum absolute atomic E-state index is 7.00. The molecule has 2 heteroatoms. The van der Waals surface area contributed by atoms with Crippen molar-refractivity contribution in [2.45, 2.75) is 6.42 Å². The molecule has 0 radical (unpaired) electrons. The molecule has 19 heavy (non-hydrogen) atoms. The molecule has 0 aromatic heterocycles. The highest BCUT2D eigenvalue weighted by molar-refractivity contribution is 5.83. The molecule has 0 atom stereocenters. The van der Waals surface area contributed by atoms with Crippen LogP contribution in [0.25, 0.3) is 5.57 Å². The molecule has 0 amide bonds. The fraction of sp³-hybridized carbons (Fsp3) is 0.176. The molecule has 1 heterocycles. The third kappa shape index (κ3) is 3.04. The van der Waals surface area contributed by atoms with Gasteiger partial charge in [0.25, 0.3) is 0 Å². The van der Waals surface area contributed by atoms with E-state index in [1.165, 1.54) is 16.7 Å². The van der Waals surface area contributed by atoms with Gasteiger partial charge in [0.05, 0.1) is 6.61 Å². The lowest BCUT2D eigenvalue weighted by molar-refractivity contribution is 0.326. The number of ether oxygens (including phenoxy) is 1. The summed E-state index contributed by atoms with van der Waals surface area (Å²) < 4.78 is 5.75. The predicted molar refractivity (Wildman–Crippen MR) is 78.2 cm³/mol. The van der Waals surface area contributed by atoms with Crippen molar-refractivity contribution in [3.8, 4) is 5.75 Å². The average molecular weight is 254 g/mol. The summed E-state index contributed by atoms with van der Waals surface area (Å²) in [4.78, 5) is 0. The molecule has 0 bridgehead atoms. The van der Waals surface area contributed by atoms with E-state index in [-0.39, 0.29) is 0 Å². The Kier molecular flexibility index (Phi) is 4.76. The molecule has 2 aromatic rings. The van der Waals surface area contributed by atoms with Gasteiger partial charge in [-0.3, -0.25) is 0 Å². The standard InChI is InChI=1S/C16H14O.CH4O/c1-2-7-13(8-3-1)14-10-6-12-17-16-11-5-4-9-15(14)16;1-2/h1-5,7-11H,6,12H2;2H,1H3. The predicted octanol–water partition coefficient (Wildman–Crippen LogP) is 3.51. The minimum atomic E-state index is 0.757. The van der Waals surface area contributed by atoms with E-state index in [0.29, 0.717) is 0 Å². The Bertz CT molecular complexity index is 544. The Morgan fingerprint density at radius 3 is 2.37 bits per heavy atom. The van der Waals surface area contributed by atoms with Crippen molar-refractivity contribution in [3.05, 3.63) is 71.8 Å². The molecular weight excluding hydrogens is 236 g/mol. The quantitative estimate of drug-likeness (QED) is 0.844. The highest BCUT2D eigenvalue weighted by atomic mass is 16.5. The molecule has 0 aliphatic carbocycles. The van der Waals surface area contributed by atoms with E-state index in [0.717, 1.165) is 25.9 Å². The summed E-state index contributed by atoms with van der Waals surface area (Å²) in [5.74, 6) is 0.986. The first-order chi connectivity index (χ1) is 9.45. The lowest BCUT2D eigenvalue weighted by Gasteiger charge is -2.10. The molecule has 2 nitrogen and oxygen atoms in total. The van der Waals surface area contributed by atoms with Crippen LogP contribution in [0.2, 0.25) is 0 Å². The summed E-state index contributed by atoms with van der Waals surface area (Å²) in [6.45, 7) is 0.757. The number of rotatable bonds is 1. The summed E-state index contributed by atoms with van der Waals surface area (Å²) in [6.07, 6.45) is 3.22. The van der Waals surface area contributed by atoms with Gasteiger partial charge in [-0.05, 0) is 17.2 Å². The molecule has 0 saturated carbocycles. The Balaban J connectivity index is 0.000000637. The molecule has 1 N–H and O–H groups in total. The smallest absolute Gasteiger partial charge is 0.127 e. The van der Waals surface area contributed by atoms with Gasteiger partial charge in [0.1, 0.15) is 5.75 Å². The van der Waals surface area contributed by atoms with E-state index < -0.39 is 0 Å². The molecule has 0 spiro atoms. The minimum absolute atomic E-state index is 0.757. The minimum Gasteiger partial charge on any atom is -0.493 e. The fourth-order valence-corrected chi connectivity index (χ4v) is 2.19. The second-order valence-corrected chi connectivity index (χ2v) is 4.12. The van der Waals surface area contributed by atoms with Crippen molar-refractivity contribution in [3.63, 3.8) is 0 Å². The van der Waals surface area contributed by atoms with Crippen molar-refractivity contribution in [1.29, 1.82) is 0 Å². The number of hydrogen-bond acceptors (Lipinski definition) is 2. The number of fused-ring (bicyclic) bond motifs is 1. The number of benzene rings is 2. The molecular formula is C17H18O2. The fourth-order valence-electron chi connectivity index (χ4n) is 2.19. The number of aliphatic hydroxyl groups is 1. The van der Waals surface area contributed by atoms with Crippen LogP contribution in [0.4, 0.5) is 0 Å². The van der Waals surface area contributed by atoms with Crippen LogP contribution in [0.5, 0.6) is 5.75 Å². The van der Waals surface area contributed by atoms with Crippen molar-refractivity contribution < 1.29 is 9.84 Å². The zero-order valence-electron chi connectivity index (χ0n) is 11.0. The van der Waals surface area contributed by atoms with Gasteiger partial charge in [-0.1, -0.05) is 54.6 Å². The SMILES string of the molecule is C1=C(c2ccccc2)c2ccccc2OCC1.CO. The van der Waals surface area contributed by atoms with Crippen LogP contribution in [-0.4, -0.2) is 18.8 Å². The lowest BCUT2D eigenvalue weighted by atomic mass is 9.97. The van der Waals surface area contributed by atoms with Crippen molar-refractivity contribution in [2.24, 2.45) is 0 Å². The van der Waals surface area contributed by atoms with Crippen LogP contribution in [0.1, 0.15) is 17.5 Å². The lowest BCUT2D eigenvalue weighted by Crippen LogP contribution is -1.94. The molecule has 0 fully saturated rings. The summed E-state index contributed by atoms with van der Waals surface area (Å²) in [7, 11) is 1.00. The van der Waals surface area contributed by atoms with Gasteiger partial charge >= 0.3 is 0 Å². The molecule has 3 rings (SSSR count). The first-order valence-corrected chi connectivity index (χ1v) is 6.37.